The van der Waals surface area contributed by atoms with E-state index < -0.39 is 0 Å². The van der Waals surface area contributed by atoms with E-state index in [9.17, 15) is 0 Å². The number of aryl methyl sites for hydroxylation is 2. The number of rotatable bonds is 2. The number of hydrogen-bond donors (Lipinski definition) is 0. The maximum Gasteiger partial charge on any atom is 0.0734 e. The zero-order valence-corrected chi connectivity index (χ0v) is 12.2. The van der Waals surface area contributed by atoms with E-state index in [1.807, 2.05) is 12.3 Å². The molecule has 1 heterocycles. The highest BCUT2D eigenvalue weighted by Crippen LogP contribution is 2.30. The summed E-state index contributed by atoms with van der Waals surface area (Å²) in [7, 11) is 0. The van der Waals surface area contributed by atoms with Crippen LogP contribution in [0.2, 0.25) is 0 Å². The van der Waals surface area contributed by atoms with E-state index in [0.717, 1.165) is 5.52 Å². The number of hydrogen-bond acceptors (Lipinski definition) is 1. The van der Waals surface area contributed by atoms with Gasteiger partial charge in [0.05, 0.1) is 5.52 Å². The topological polar surface area (TPSA) is 12.9 Å². The summed E-state index contributed by atoms with van der Waals surface area (Å²) in [6.07, 6.45) is 1.87. The Labute approximate surface area is 120 Å². The SMILES string of the molecule is Cc1cccc(C(C)c2ccc3cccnc3c2C)c1. The zero-order valence-electron chi connectivity index (χ0n) is 12.2. The van der Waals surface area contributed by atoms with Gasteiger partial charge in [0.1, 0.15) is 0 Å². The molecule has 0 aliphatic rings. The maximum atomic E-state index is 4.54. The van der Waals surface area contributed by atoms with Crippen LogP contribution in [0.25, 0.3) is 10.9 Å². The first-order valence-corrected chi connectivity index (χ1v) is 7.07. The van der Waals surface area contributed by atoms with E-state index in [4.69, 9.17) is 0 Å². The first kappa shape index (κ1) is 12.9. The lowest BCUT2D eigenvalue weighted by Crippen LogP contribution is -2.00. The second-order valence-electron chi connectivity index (χ2n) is 5.49. The molecule has 0 saturated carbocycles. The molecule has 0 spiro atoms. The average Bonchev–Trinajstić information content (AvgIpc) is 2.47. The Hall–Kier alpha value is -2.15. The molecule has 0 bridgehead atoms. The summed E-state index contributed by atoms with van der Waals surface area (Å²) in [4.78, 5) is 4.54. The van der Waals surface area contributed by atoms with Gasteiger partial charge in [-0.2, -0.15) is 0 Å². The average molecular weight is 261 g/mol. The van der Waals surface area contributed by atoms with Crippen LogP contribution in [-0.2, 0) is 0 Å². The molecule has 1 atom stereocenters. The van der Waals surface area contributed by atoms with Crippen molar-refractivity contribution in [3.8, 4) is 0 Å². The van der Waals surface area contributed by atoms with Crippen molar-refractivity contribution < 1.29 is 0 Å². The van der Waals surface area contributed by atoms with Crippen molar-refractivity contribution in [3.05, 3.63) is 77.0 Å². The van der Waals surface area contributed by atoms with Crippen LogP contribution in [0.1, 0.15) is 35.1 Å². The van der Waals surface area contributed by atoms with Gasteiger partial charge in [0, 0.05) is 17.5 Å². The van der Waals surface area contributed by atoms with E-state index in [0.29, 0.717) is 5.92 Å². The summed E-state index contributed by atoms with van der Waals surface area (Å²) in [5, 5.41) is 1.21. The Bertz CT molecular complexity index is 759. The molecule has 0 aliphatic heterocycles. The molecule has 0 saturated heterocycles. The van der Waals surface area contributed by atoms with Crippen molar-refractivity contribution in [1.29, 1.82) is 0 Å². The van der Waals surface area contributed by atoms with Crippen LogP contribution >= 0.6 is 0 Å². The monoisotopic (exact) mass is 261 g/mol. The third-order valence-electron chi connectivity index (χ3n) is 4.08. The Morgan fingerprint density at radius 1 is 0.950 bits per heavy atom. The first-order chi connectivity index (χ1) is 9.66. The normalized spacial score (nSPS) is 12.6. The molecule has 0 fully saturated rings. The highest BCUT2D eigenvalue weighted by Gasteiger charge is 2.13. The van der Waals surface area contributed by atoms with Crippen molar-refractivity contribution in [2.75, 3.05) is 0 Å². The van der Waals surface area contributed by atoms with Gasteiger partial charge >= 0.3 is 0 Å². The molecule has 0 aliphatic carbocycles. The van der Waals surface area contributed by atoms with Crippen LogP contribution < -0.4 is 0 Å². The van der Waals surface area contributed by atoms with Crippen LogP contribution in [0.5, 0.6) is 0 Å². The molecule has 1 nitrogen and oxygen atoms in total. The van der Waals surface area contributed by atoms with Crippen LogP contribution in [0.15, 0.2) is 54.7 Å². The minimum Gasteiger partial charge on any atom is -0.256 e. The quantitative estimate of drug-likeness (QED) is 0.632. The standard InChI is InChI=1S/C19H19N/c1-13-6-4-7-17(12-13)14(2)18-10-9-16-8-5-11-20-19(16)15(18)3/h4-12,14H,1-3H3. The van der Waals surface area contributed by atoms with Crippen LogP contribution in [0.3, 0.4) is 0 Å². The van der Waals surface area contributed by atoms with Crippen LogP contribution in [-0.4, -0.2) is 4.98 Å². The fraction of sp³-hybridized carbons (Fsp3) is 0.211. The number of benzene rings is 2. The smallest absolute Gasteiger partial charge is 0.0734 e. The third kappa shape index (κ3) is 2.20. The van der Waals surface area contributed by atoms with E-state index in [2.05, 4.69) is 68.2 Å². The van der Waals surface area contributed by atoms with Crippen LogP contribution in [0, 0.1) is 13.8 Å². The number of pyridine rings is 1. The number of fused-ring (bicyclic) bond motifs is 1. The van der Waals surface area contributed by atoms with Crippen molar-refractivity contribution in [3.63, 3.8) is 0 Å². The summed E-state index contributed by atoms with van der Waals surface area (Å²) in [6.45, 7) is 6.59. The van der Waals surface area contributed by atoms with Gasteiger partial charge in [-0.3, -0.25) is 4.98 Å². The predicted molar refractivity (Wildman–Crippen MR) is 85.2 cm³/mol. The first-order valence-electron chi connectivity index (χ1n) is 7.07. The summed E-state index contributed by atoms with van der Waals surface area (Å²) >= 11 is 0. The van der Waals surface area contributed by atoms with Gasteiger partial charge in [-0.05, 0) is 36.6 Å². The number of aromatic nitrogens is 1. The van der Waals surface area contributed by atoms with Crippen molar-refractivity contribution in [2.24, 2.45) is 0 Å². The van der Waals surface area contributed by atoms with Crippen molar-refractivity contribution in [1.82, 2.24) is 4.98 Å². The van der Waals surface area contributed by atoms with Gasteiger partial charge in [0.2, 0.25) is 0 Å². The fourth-order valence-corrected chi connectivity index (χ4v) is 2.89. The highest BCUT2D eigenvalue weighted by atomic mass is 14.6. The molecule has 0 amide bonds. The van der Waals surface area contributed by atoms with Gasteiger partial charge in [-0.1, -0.05) is 55.0 Å². The second-order valence-corrected chi connectivity index (χ2v) is 5.49. The minimum absolute atomic E-state index is 0.390. The van der Waals surface area contributed by atoms with Gasteiger partial charge in [-0.15, -0.1) is 0 Å². The Morgan fingerprint density at radius 3 is 2.60 bits per heavy atom. The Balaban J connectivity index is 2.12. The molecule has 3 rings (SSSR count). The van der Waals surface area contributed by atoms with Crippen molar-refractivity contribution in [2.45, 2.75) is 26.7 Å². The number of nitrogens with zero attached hydrogens (tertiary/aromatic N) is 1. The molecule has 2 aromatic carbocycles. The van der Waals surface area contributed by atoms with E-state index in [1.54, 1.807) is 0 Å². The molecule has 3 aromatic rings. The Morgan fingerprint density at radius 2 is 1.80 bits per heavy atom. The largest absolute Gasteiger partial charge is 0.256 e. The van der Waals surface area contributed by atoms with Gasteiger partial charge < -0.3 is 0 Å². The highest BCUT2D eigenvalue weighted by molar-refractivity contribution is 5.82. The van der Waals surface area contributed by atoms with E-state index in [1.165, 1.54) is 27.6 Å². The molecular weight excluding hydrogens is 242 g/mol. The fourth-order valence-electron chi connectivity index (χ4n) is 2.89. The van der Waals surface area contributed by atoms with Gasteiger partial charge in [-0.25, -0.2) is 0 Å². The molecule has 20 heavy (non-hydrogen) atoms. The molecule has 100 valence electrons. The summed E-state index contributed by atoms with van der Waals surface area (Å²) in [5.74, 6) is 0.390. The molecule has 0 N–H and O–H groups in total. The lowest BCUT2D eigenvalue weighted by molar-refractivity contribution is 0.910. The van der Waals surface area contributed by atoms with E-state index >= 15 is 0 Å². The third-order valence-corrected chi connectivity index (χ3v) is 4.08. The summed E-state index contributed by atoms with van der Waals surface area (Å²) in [6, 6.07) is 17.3. The van der Waals surface area contributed by atoms with Crippen molar-refractivity contribution >= 4 is 10.9 Å². The second kappa shape index (κ2) is 5.09. The Kier molecular flexibility index (Phi) is 3.27. The summed E-state index contributed by atoms with van der Waals surface area (Å²) < 4.78 is 0. The zero-order chi connectivity index (χ0) is 14.1. The summed E-state index contributed by atoms with van der Waals surface area (Å²) in [5.41, 5.74) is 6.44. The van der Waals surface area contributed by atoms with Gasteiger partial charge in [0.25, 0.3) is 0 Å². The molecule has 1 aromatic heterocycles. The molecule has 1 heteroatoms. The molecule has 0 radical (unpaired) electrons. The van der Waals surface area contributed by atoms with E-state index in [-0.39, 0.29) is 0 Å². The van der Waals surface area contributed by atoms with Crippen LogP contribution in [0.4, 0.5) is 0 Å². The van der Waals surface area contributed by atoms with Gasteiger partial charge in [0.15, 0.2) is 0 Å². The lowest BCUT2D eigenvalue weighted by Gasteiger charge is -2.17. The molecular formula is C19H19N. The predicted octanol–water partition coefficient (Wildman–Crippen LogP) is 5.00. The molecule has 1 unspecified atom stereocenters. The maximum absolute atomic E-state index is 4.54. The lowest BCUT2D eigenvalue weighted by atomic mass is 9.88. The minimum atomic E-state index is 0.390.